The molecule has 0 radical (unpaired) electrons. The Balaban J connectivity index is 1.40. The summed E-state index contributed by atoms with van der Waals surface area (Å²) in [6.07, 6.45) is 0.924. The summed E-state index contributed by atoms with van der Waals surface area (Å²) in [6, 6.07) is 15.3. The van der Waals surface area contributed by atoms with Crippen LogP contribution in [0, 0.1) is 0 Å². The Morgan fingerprint density at radius 2 is 1.73 bits per heavy atom. The number of hydrogen-bond acceptors (Lipinski definition) is 2. The van der Waals surface area contributed by atoms with Gasteiger partial charge in [0, 0.05) is 35.9 Å². The fourth-order valence-electron chi connectivity index (χ4n) is 3.93. The fourth-order valence-corrected chi connectivity index (χ4v) is 3.93. The van der Waals surface area contributed by atoms with Gasteiger partial charge in [-0.25, -0.2) is 9.78 Å². The summed E-state index contributed by atoms with van der Waals surface area (Å²) < 4.78 is 41.7. The van der Waals surface area contributed by atoms with Crippen molar-refractivity contribution in [3.05, 3.63) is 90.4 Å². The molecule has 3 aromatic heterocycles. The number of nitrogens with zero attached hydrogens (tertiary/aromatic N) is 2. The van der Waals surface area contributed by atoms with Gasteiger partial charge in [-0.1, -0.05) is 18.2 Å². The summed E-state index contributed by atoms with van der Waals surface area (Å²) in [6.45, 7) is 0.592. The van der Waals surface area contributed by atoms with Gasteiger partial charge in [-0.3, -0.25) is 0 Å². The number of H-pyrrole nitrogens is 1. The molecule has 166 valence electrons. The van der Waals surface area contributed by atoms with Crippen LogP contribution in [0.4, 0.5) is 29.3 Å². The number of fused-ring (bicyclic) bond motifs is 2. The van der Waals surface area contributed by atoms with Gasteiger partial charge in [0.2, 0.25) is 0 Å². The van der Waals surface area contributed by atoms with Crippen LogP contribution in [0.2, 0.25) is 0 Å². The number of aromatic nitrogens is 3. The zero-order valence-corrected chi connectivity index (χ0v) is 17.1. The van der Waals surface area contributed by atoms with E-state index in [4.69, 9.17) is 0 Å². The number of urea groups is 1. The molecule has 5 rings (SSSR count). The van der Waals surface area contributed by atoms with Crippen molar-refractivity contribution in [2.45, 2.75) is 12.7 Å². The fraction of sp³-hybridized carbons (Fsp3) is 0.0833. The third kappa shape index (κ3) is 4.00. The van der Waals surface area contributed by atoms with Gasteiger partial charge in [0.05, 0.1) is 22.5 Å². The second-order valence-electron chi connectivity index (χ2n) is 7.51. The Morgan fingerprint density at radius 1 is 0.939 bits per heavy atom. The van der Waals surface area contributed by atoms with Gasteiger partial charge in [0.15, 0.2) is 0 Å². The first-order valence-corrected chi connectivity index (χ1v) is 10.1. The van der Waals surface area contributed by atoms with Crippen LogP contribution in [0.5, 0.6) is 0 Å². The van der Waals surface area contributed by atoms with Crippen molar-refractivity contribution in [1.82, 2.24) is 14.5 Å². The van der Waals surface area contributed by atoms with Crippen molar-refractivity contribution in [1.29, 1.82) is 0 Å². The lowest BCUT2D eigenvalue weighted by Gasteiger charge is -2.14. The molecule has 9 heteroatoms. The molecule has 6 nitrogen and oxygen atoms in total. The molecule has 0 bridgehead atoms. The van der Waals surface area contributed by atoms with Crippen LogP contribution in [0.1, 0.15) is 11.1 Å². The normalized spacial score (nSPS) is 11.7. The number of rotatable bonds is 4. The number of anilines is 2. The van der Waals surface area contributed by atoms with Crippen molar-refractivity contribution in [3.63, 3.8) is 0 Å². The lowest BCUT2D eigenvalue weighted by Crippen LogP contribution is -2.21. The summed E-state index contributed by atoms with van der Waals surface area (Å²) >= 11 is 0. The quantitative estimate of drug-likeness (QED) is 0.304. The molecule has 2 aromatic carbocycles. The van der Waals surface area contributed by atoms with Crippen molar-refractivity contribution >= 4 is 39.3 Å². The molecule has 0 spiro atoms. The number of aromatic amines is 1. The second-order valence-corrected chi connectivity index (χ2v) is 7.51. The maximum Gasteiger partial charge on any atom is 0.418 e. The number of carbonyl (C=O) groups is 1. The van der Waals surface area contributed by atoms with Crippen LogP contribution in [0.3, 0.4) is 0 Å². The summed E-state index contributed by atoms with van der Waals surface area (Å²) in [4.78, 5) is 19.9. The Bertz CT molecular complexity index is 1470. The lowest BCUT2D eigenvalue weighted by atomic mass is 10.1. The third-order valence-electron chi connectivity index (χ3n) is 5.43. The van der Waals surface area contributed by atoms with Crippen LogP contribution >= 0.6 is 0 Å². The third-order valence-corrected chi connectivity index (χ3v) is 5.43. The molecule has 3 heterocycles. The van der Waals surface area contributed by atoms with Crippen LogP contribution in [0.15, 0.2) is 79.3 Å². The van der Waals surface area contributed by atoms with Crippen molar-refractivity contribution in [2.75, 3.05) is 10.6 Å². The lowest BCUT2D eigenvalue weighted by molar-refractivity contribution is -0.136. The molecule has 33 heavy (non-hydrogen) atoms. The number of carbonyl (C=O) groups excluding carboxylic acids is 1. The summed E-state index contributed by atoms with van der Waals surface area (Å²) in [5.74, 6) is 0. The number of pyridine rings is 1. The smallest absolute Gasteiger partial charge is 0.346 e. The predicted molar refractivity (Wildman–Crippen MR) is 121 cm³/mol. The van der Waals surface area contributed by atoms with Crippen LogP contribution in [-0.2, 0) is 12.7 Å². The number of para-hydroxylation sites is 1. The molecule has 2 amide bonds. The zero-order chi connectivity index (χ0) is 23.0. The molecular formula is C24H18F3N5O. The van der Waals surface area contributed by atoms with E-state index in [0.29, 0.717) is 12.2 Å². The van der Waals surface area contributed by atoms with E-state index < -0.39 is 17.8 Å². The molecule has 0 aliphatic rings. The molecule has 0 aliphatic carbocycles. The van der Waals surface area contributed by atoms with Crippen LogP contribution < -0.4 is 10.6 Å². The highest BCUT2D eigenvalue weighted by Crippen LogP contribution is 2.34. The maximum atomic E-state index is 13.2. The molecule has 5 aromatic rings. The number of alkyl halides is 3. The van der Waals surface area contributed by atoms with E-state index in [1.807, 2.05) is 41.2 Å². The second kappa shape index (κ2) is 8.01. The predicted octanol–water partition coefficient (Wildman–Crippen LogP) is 6.23. The topological polar surface area (TPSA) is 74.7 Å². The summed E-state index contributed by atoms with van der Waals surface area (Å²) in [5.41, 5.74) is 2.05. The van der Waals surface area contributed by atoms with Gasteiger partial charge in [-0.15, -0.1) is 0 Å². The molecule has 0 aliphatic heterocycles. The highest BCUT2D eigenvalue weighted by atomic mass is 19.4. The zero-order valence-electron chi connectivity index (χ0n) is 17.1. The minimum atomic E-state index is -4.57. The minimum Gasteiger partial charge on any atom is -0.346 e. The van der Waals surface area contributed by atoms with E-state index in [-0.39, 0.29) is 5.69 Å². The number of amides is 2. The Morgan fingerprint density at radius 3 is 2.58 bits per heavy atom. The first-order valence-electron chi connectivity index (χ1n) is 10.1. The average molecular weight is 449 g/mol. The molecule has 0 atom stereocenters. The standard InChI is InChI=1S/C24H18F3N5O/c25-24(26,27)18-4-1-2-5-20(18)31-23(33)30-19-6-3-7-21-17(19)10-13-32(21)14-15-8-11-28-22-16(15)9-12-29-22/h1-13H,14H2,(H,28,29)(H2,30,31,33). The number of hydrogen-bond donors (Lipinski definition) is 3. The summed E-state index contributed by atoms with van der Waals surface area (Å²) in [5, 5.41) is 6.77. The molecule has 0 saturated carbocycles. The minimum absolute atomic E-state index is 0.305. The van der Waals surface area contributed by atoms with Crippen molar-refractivity contribution < 1.29 is 18.0 Å². The van der Waals surface area contributed by atoms with E-state index in [2.05, 4.69) is 20.6 Å². The monoisotopic (exact) mass is 449 g/mol. The molecule has 3 N–H and O–H groups in total. The van der Waals surface area contributed by atoms with Crippen LogP contribution in [-0.4, -0.2) is 20.6 Å². The molecule has 0 saturated heterocycles. The van der Waals surface area contributed by atoms with Crippen LogP contribution in [0.25, 0.3) is 21.9 Å². The van der Waals surface area contributed by atoms with Gasteiger partial charge in [0.1, 0.15) is 5.65 Å². The van der Waals surface area contributed by atoms with E-state index >= 15 is 0 Å². The Kier molecular flexibility index (Phi) is 5.01. The van der Waals surface area contributed by atoms with Gasteiger partial charge >= 0.3 is 12.2 Å². The Hall–Kier alpha value is -4.27. The van der Waals surface area contributed by atoms with Gasteiger partial charge < -0.3 is 20.2 Å². The van der Waals surface area contributed by atoms with Crippen molar-refractivity contribution in [2.24, 2.45) is 0 Å². The maximum absolute atomic E-state index is 13.2. The highest BCUT2D eigenvalue weighted by Gasteiger charge is 2.33. The summed E-state index contributed by atoms with van der Waals surface area (Å²) in [7, 11) is 0. The van der Waals surface area contributed by atoms with E-state index in [9.17, 15) is 18.0 Å². The highest BCUT2D eigenvalue weighted by molar-refractivity contribution is 6.06. The van der Waals surface area contributed by atoms with Gasteiger partial charge in [-0.2, -0.15) is 13.2 Å². The van der Waals surface area contributed by atoms with Gasteiger partial charge in [-0.05, 0) is 48.0 Å². The van der Waals surface area contributed by atoms with Crippen molar-refractivity contribution in [3.8, 4) is 0 Å². The largest absolute Gasteiger partial charge is 0.418 e. The number of nitrogens with one attached hydrogen (secondary N) is 3. The van der Waals surface area contributed by atoms with E-state index in [1.165, 1.54) is 18.2 Å². The molecule has 0 unspecified atom stereocenters. The number of halogens is 3. The first-order chi connectivity index (χ1) is 15.9. The molecule has 0 fully saturated rings. The van der Waals surface area contributed by atoms with E-state index in [0.717, 1.165) is 33.6 Å². The average Bonchev–Trinajstić information content (AvgIpc) is 3.42. The molecular weight excluding hydrogens is 431 g/mol. The van der Waals surface area contributed by atoms with Gasteiger partial charge in [0.25, 0.3) is 0 Å². The number of benzene rings is 2. The van der Waals surface area contributed by atoms with E-state index in [1.54, 1.807) is 18.3 Å². The first kappa shape index (κ1) is 20.6. The Labute approximate surface area is 186 Å². The SMILES string of the molecule is O=C(Nc1ccccc1C(F)(F)F)Nc1cccc2c1ccn2Cc1ccnc2[nH]ccc12.